The molecule has 0 aliphatic rings. The summed E-state index contributed by atoms with van der Waals surface area (Å²) >= 11 is 0. The third-order valence-electron chi connectivity index (χ3n) is 4.01. The highest BCUT2D eigenvalue weighted by Gasteiger charge is 2.26. The molecule has 11 heteroatoms. The van der Waals surface area contributed by atoms with E-state index in [4.69, 9.17) is 14.2 Å². The lowest BCUT2D eigenvalue weighted by molar-refractivity contribution is 0.0583. The average Bonchev–Trinajstić information content (AvgIpc) is 2.76. The smallest absolute Gasteiger partial charge is 0.339 e. The normalized spacial score (nSPS) is 10.7. The molecule has 0 atom stereocenters. The van der Waals surface area contributed by atoms with Gasteiger partial charge in [0.15, 0.2) is 11.5 Å². The van der Waals surface area contributed by atoms with Gasteiger partial charge in [-0.15, -0.1) is 0 Å². The van der Waals surface area contributed by atoms with Gasteiger partial charge in [-0.2, -0.15) is 0 Å². The van der Waals surface area contributed by atoms with Crippen LogP contribution in [-0.4, -0.2) is 55.9 Å². The van der Waals surface area contributed by atoms with Crippen LogP contribution in [0.4, 0.5) is 5.69 Å². The van der Waals surface area contributed by atoms with Gasteiger partial charge in [0.25, 0.3) is 10.0 Å². The third kappa shape index (κ3) is 4.57. The molecule has 2 rings (SSSR count). The first kappa shape index (κ1) is 22.8. The zero-order valence-corrected chi connectivity index (χ0v) is 17.8. The van der Waals surface area contributed by atoms with Crippen LogP contribution in [0.25, 0.3) is 0 Å². The van der Waals surface area contributed by atoms with E-state index in [0.29, 0.717) is 0 Å². The number of rotatable bonds is 8. The Labute approximate surface area is 173 Å². The van der Waals surface area contributed by atoms with Crippen LogP contribution in [0.1, 0.15) is 20.7 Å². The van der Waals surface area contributed by atoms with Crippen molar-refractivity contribution in [3.8, 4) is 17.2 Å². The molecule has 10 nitrogen and oxygen atoms in total. The van der Waals surface area contributed by atoms with Gasteiger partial charge in [-0.05, 0) is 18.2 Å². The third-order valence-corrected chi connectivity index (χ3v) is 5.44. The van der Waals surface area contributed by atoms with Crippen LogP contribution in [0, 0.1) is 0 Å². The van der Waals surface area contributed by atoms with Crippen LogP contribution in [0.2, 0.25) is 0 Å². The highest BCUT2D eigenvalue weighted by Crippen LogP contribution is 2.40. The quantitative estimate of drug-likeness (QED) is 0.615. The Bertz CT molecular complexity index is 1040. The standard InChI is InChI=1S/C19H21NO9S/c1-25-14-9-12(10-15(26-2)17(14)27-3)20-30(23,24)16-8-11(18(21)28-4)6-7-13(16)19(22)29-5/h6-10,20H,1-5H3. The average molecular weight is 439 g/mol. The second-order valence-electron chi connectivity index (χ2n) is 5.71. The topological polar surface area (TPSA) is 126 Å². The number of esters is 2. The molecule has 2 aromatic rings. The number of hydrogen-bond acceptors (Lipinski definition) is 9. The van der Waals surface area contributed by atoms with Crippen molar-refractivity contribution in [2.24, 2.45) is 0 Å². The summed E-state index contributed by atoms with van der Waals surface area (Å²) in [7, 11) is 2.09. The number of benzene rings is 2. The molecular formula is C19H21NO9S. The molecule has 1 N–H and O–H groups in total. The van der Waals surface area contributed by atoms with E-state index in [2.05, 4.69) is 14.2 Å². The molecule has 0 spiro atoms. The summed E-state index contributed by atoms with van der Waals surface area (Å²) in [5.41, 5.74) is -0.246. The fourth-order valence-electron chi connectivity index (χ4n) is 2.62. The van der Waals surface area contributed by atoms with Crippen LogP contribution in [0.3, 0.4) is 0 Å². The summed E-state index contributed by atoms with van der Waals surface area (Å²) in [5, 5.41) is 0. The number of sulfonamides is 1. The van der Waals surface area contributed by atoms with Crippen LogP contribution < -0.4 is 18.9 Å². The SMILES string of the molecule is COC(=O)c1ccc(C(=O)OC)c(S(=O)(=O)Nc2cc(OC)c(OC)c(OC)c2)c1. The Balaban J connectivity index is 2.61. The summed E-state index contributed by atoms with van der Waals surface area (Å²) in [5.74, 6) is -0.963. The second-order valence-corrected chi connectivity index (χ2v) is 7.36. The summed E-state index contributed by atoms with van der Waals surface area (Å²) in [4.78, 5) is 23.5. The van der Waals surface area contributed by atoms with Crippen molar-refractivity contribution in [2.75, 3.05) is 40.3 Å². The molecule has 0 unspecified atom stereocenters. The van der Waals surface area contributed by atoms with E-state index in [-0.39, 0.29) is 34.1 Å². The summed E-state index contributed by atoms with van der Waals surface area (Å²) in [6.07, 6.45) is 0. The largest absolute Gasteiger partial charge is 0.493 e. The molecule has 0 aliphatic heterocycles. The Morgan fingerprint density at radius 1 is 0.800 bits per heavy atom. The van der Waals surface area contributed by atoms with Gasteiger partial charge in [0.05, 0.1) is 52.4 Å². The van der Waals surface area contributed by atoms with E-state index in [0.717, 1.165) is 20.3 Å². The number of nitrogens with one attached hydrogen (secondary N) is 1. The fraction of sp³-hybridized carbons (Fsp3) is 0.263. The predicted molar refractivity (Wildman–Crippen MR) is 106 cm³/mol. The molecule has 0 saturated heterocycles. The van der Waals surface area contributed by atoms with Crippen molar-refractivity contribution in [3.63, 3.8) is 0 Å². The zero-order valence-electron chi connectivity index (χ0n) is 17.0. The molecule has 0 fully saturated rings. The zero-order chi connectivity index (χ0) is 22.5. The van der Waals surface area contributed by atoms with Gasteiger partial charge in [0.1, 0.15) is 4.90 Å². The molecule has 0 heterocycles. The minimum atomic E-state index is -4.34. The van der Waals surface area contributed by atoms with Gasteiger partial charge < -0.3 is 23.7 Å². The van der Waals surface area contributed by atoms with Crippen LogP contribution in [0.5, 0.6) is 17.2 Å². The van der Waals surface area contributed by atoms with E-state index < -0.39 is 26.9 Å². The number of ether oxygens (including phenoxy) is 5. The molecule has 2 aromatic carbocycles. The molecule has 0 bridgehead atoms. The lowest BCUT2D eigenvalue weighted by atomic mass is 10.1. The molecule has 0 radical (unpaired) electrons. The van der Waals surface area contributed by atoms with Crippen LogP contribution in [0.15, 0.2) is 35.2 Å². The first-order valence-electron chi connectivity index (χ1n) is 8.35. The van der Waals surface area contributed by atoms with Crippen molar-refractivity contribution in [3.05, 3.63) is 41.5 Å². The first-order valence-corrected chi connectivity index (χ1v) is 9.84. The summed E-state index contributed by atoms with van der Waals surface area (Å²) < 4.78 is 53.4. The first-order chi connectivity index (χ1) is 14.2. The van der Waals surface area contributed by atoms with Gasteiger partial charge in [-0.3, -0.25) is 4.72 Å². The number of carbonyl (C=O) groups is 2. The van der Waals surface area contributed by atoms with E-state index in [9.17, 15) is 18.0 Å². The number of carbonyl (C=O) groups excluding carboxylic acids is 2. The van der Waals surface area contributed by atoms with Crippen molar-refractivity contribution < 1.29 is 41.7 Å². The Morgan fingerprint density at radius 2 is 1.37 bits per heavy atom. The monoisotopic (exact) mass is 439 g/mol. The second kappa shape index (κ2) is 9.35. The Morgan fingerprint density at radius 3 is 1.83 bits per heavy atom. The van der Waals surface area contributed by atoms with E-state index in [1.54, 1.807) is 0 Å². The van der Waals surface area contributed by atoms with E-state index >= 15 is 0 Å². The van der Waals surface area contributed by atoms with Gasteiger partial charge in [0, 0.05) is 12.1 Å². The molecule has 30 heavy (non-hydrogen) atoms. The fourth-order valence-corrected chi connectivity index (χ4v) is 3.88. The molecule has 0 saturated carbocycles. The molecule has 0 amide bonds. The van der Waals surface area contributed by atoms with Crippen LogP contribution in [-0.2, 0) is 19.5 Å². The summed E-state index contributed by atoms with van der Waals surface area (Å²) in [6, 6.07) is 6.21. The highest BCUT2D eigenvalue weighted by molar-refractivity contribution is 7.92. The lowest BCUT2D eigenvalue weighted by Gasteiger charge is -2.16. The maximum absolute atomic E-state index is 13.1. The highest BCUT2D eigenvalue weighted by atomic mass is 32.2. The Hall–Kier alpha value is -3.47. The maximum atomic E-state index is 13.1. The predicted octanol–water partition coefficient (Wildman–Crippen LogP) is 2.09. The van der Waals surface area contributed by atoms with E-state index in [1.807, 2.05) is 0 Å². The molecule has 0 aliphatic carbocycles. The van der Waals surface area contributed by atoms with Gasteiger partial charge in [-0.25, -0.2) is 18.0 Å². The van der Waals surface area contributed by atoms with Gasteiger partial charge >= 0.3 is 11.9 Å². The van der Waals surface area contributed by atoms with Crippen molar-refractivity contribution in [2.45, 2.75) is 4.90 Å². The number of anilines is 1. The minimum absolute atomic E-state index is 0.0598. The molecular weight excluding hydrogens is 418 g/mol. The minimum Gasteiger partial charge on any atom is -0.493 e. The number of hydrogen-bond donors (Lipinski definition) is 1. The lowest BCUT2D eigenvalue weighted by Crippen LogP contribution is -2.19. The van der Waals surface area contributed by atoms with E-state index in [1.165, 1.54) is 45.6 Å². The van der Waals surface area contributed by atoms with Crippen molar-refractivity contribution >= 4 is 27.6 Å². The van der Waals surface area contributed by atoms with Crippen molar-refractivity contribution in [1.82, 2.24) is 0 Å². The molecule has 162 valence electrons. The number of methoxy groups -OCH3 is 5. The van der Waals surface area contributed by atoms with Crippen molar-refractivity contribution in [1.29, 1.82) is 0 Å². The molecule has 0 aromatic heterocycles. The van der Waals surface area contributed by atoms with Gasteiger partial charge in [-0.1, -0.05) is 0 Å². The maximum Gasteiger partial charge on any atom is 0.339 e. The summed E-state index contributed by atoms with van der Waals surface area (Å²) in [6.45, 7) is 0. The van der Waals surface area contributed by atoms with Gasteiger partial charge in [0.2, 0.25) is 5.75 Å². The van der Waals surface area contributed by atoms with Crippen LogP contribution >= 0.6 is 0 Å². The Kier molecular flexibility index (Phi) is 7.11.